The quantitative estimate of drug-likeness (QED) is 0.707. The summed E-state index contributed by atoms with van der Waals surface area (Å²) in [6, 6.07) is 8.50. The number of amides is 1. The smallest absolute Gasteiger partial charge is 0.260 e. The summed E-state index contributed by atoms with van der Waals surface area (Å²) >= 11 is 1.49. The minimum atomic E-state index is -0.182. The number of aromatic nitrogens is 3. The number of anilines is 1. The summed E-state index contributed by atoms with van der Waals surface area (Å²) in [5.41, 5.74) is 3.88. The molecule has 130 valence electrons. The zero-order valence-corrected chi connectivity index (χ0v) is 15.6. The minimum Gasteiger partial charge on any atom is -0.298 e. The second-order valence-electron chi connectivity index (χ2n) is 5.91. The number of aryl methyl sites for hydroxylation is 3. The maximum atomic E-state index is 12.3. The Kier molecular flexibility index (Phi) is 5.28. The molecule has 1 aromatic carbocycles. The largest absolute Gasteiger partial charge is 0.298 e. The van der Waals surface area contributed by atoms with Crippen molar-refractivity contribution >= 4 is 22.4 Å². The average molecular weight is 354 g/mol. The van der Waals surface area contributed by atoms with Crippen LogP contribution in [0, 0.1) is 6.92 Å². The van der Waals surface area contributed by atoms with Gasteiger partial charge in [0, 0.05) is 23.2 Å². The standard InChI is InChI=1S/C19H22N4OS/c1-4-6-14-7-9-15(10-8-14)17-13(3)25-19(21-17)22-18(24)16-11-20-23(5-2)12-16/h7-12H,4-6H2,1-3H3,(H,21,22,24). The highest BCUT2D eigenvalue weighted by Gasteiger charge is 2.14. The van der Waals surface area contributed by atoms with Gasteiger partial charge in [0.25, 0.3) is 5.91 Å². The number of hydrogen-bond donors (Lipinski definition) is 1. The van der Waals surface area contributed by atoms with E-state index in [1.807, 2.05) is 13.8 Å². The van der Waals surface area contributed by atoms with E-state index in [0.717, 1.165) is 35.5 Å². The Labute approximate surface area is 151 Å². The van der Waals surface area contributed by atoms with E-state index >= 15 is 0 Å². The average Bonchev–Trinajstić information content (AvgIpc) is 3.22. The van der Waals surface area contributed by atoms with Crippen LogP contribution in [0.3, 0.4) is 0 Å². The van der Waals surface area contributed by atoms with Crippen molar-refractivity contribution < 1.29 is 4.79 Å². The first-order valence-corrected chi connectivity index (χ1v) is 9.33. The number of carbonyl (C=O) groups is 1. The van der Waals surface area contributed by atoms with Crippen molar-refractivity contribution in [2.24, 2.45) is 0 Å². The molecule has 0 fully saturated rings. The lowest BCUT2D eigenvalue weighted by Crippen LogP contribution is -2.10. The molecule has 0 saturated carbocycles. The Morgan fingerprint density at radius 3 is 2.64 bits per heavy atom. The number of nitrogens with zero attached hydrogens (tertiary/aromatic N) is 3. The fraction of sp³-hybridized carbons (Fsp3) is 0.316. The molecule has 6 heteroatoms. The highest BCUT2D eigenvalue weighted by molar-refractivity contribution is 7.16. The molecule has 2 heterocycles. The number of carbonyl (C=O) groups excluding carboxylic acids is 1. The molecule has 0 saturated heterocycles. The van der Waals surface area contributed by atoms with Gasteiger partial charge >= 0.3 is 0 Å². The van der Waals surface area contributed by atoms with Crippen LogP contribution in [0.1, 0.15) is 41.1 Å². The summed E-state index contributed by atoms with van der Waals surface area (Å²) in [6.07, 6.45) is 5.54. The maximum absolute atomic E-state index is 12.3. The topological polar surface area (TPSA) is 59.8 Å². The van der Waals surface area contributed by atoms with E-state index < -0.39 is 0 Å². The van der Waals surface area contributed by atoms with Crippen molar-refractivity contribution in [3.8, 4) is 11.3 Å². The van der Waals surface area contributed by atoms with Gasteiger partial charge in [-0.05, 0) is 25.8 Å². The molecule has 0 bridgehead atoms. The first kappa shape index (κ1) is 17.4. The predicted octanol–water partition coefficient (Wildman–Crippen LogP) is 4.54. The third-order valence-electron chi connectivity index (χ3n) is 4.00. The number of benzene rings is 1. The summed E-state index contributed by atoms with van der Waals surface area (Å²) in [5, 5.41) is 7.61. The Hall–Kier alpha value is -2.47. The van der Waals surface area contributed by atoms with Crippen LogP contribution in [0.25, 0.3) is 11.3 Å². The molecule has 5 nitrogen and oxygen atoms in total. The lowest BCUT2D eigenvalue weighted by Gasteiger charge is -2.02. The number of nitrogens with one attached hydrogen (secondary N) is 1. The van der Waals surface area contributed by atoms with E-state index in [4.69, 9.17) is 0 Å². The van der Waals surface area contributed by atoms with Gasteiger partial charge < -0.3 is 0 Å². The van der Waals surface area contributed by atoms with Gasteiger partial charge in [0.1, 0.15) is 0 Å². The molecule has 0 aliphatic heterocycles. The summed E-state index contributed by atoms with van der Waals surface area (Å²) in [6.45, 7) is 6.92. The molecule has 2 aromatic heterocycles. The predicted molar refractivity (Wildman–Crippen MR) is 102 cm³/mol. The van der Waals surface area contributed by atoms with Crippen LogP contribution < -0.4 is 5.32 Å². The van der Waals surface area contributed by atoms with Crippen molar-refractivity contribution in [2.75, 3.05) is 5.32 Å². The highest BCUT2D eigenvalue weighted by atomic mass is 32.1. The lowest BCUT2D eigenvalue weighted by atomic mass is 10.1. The van der Waals surface area contributed by atoms with Gasteiger partial charge in [0.2, 0.25) is 0 Å². The fourth-order valence-electron chi connectivity index (χ4n) is 2.66. The zero-order chi connectivity index (χ0) is 17.8. The van der Waals surface area contributed by atoms with Crippen LogP contribution in [0.15, 0.2) is 36.7 Å². The molecule has 3 aromatic rings. The van der Waals surface area contributed by atoms with Crippen molar-refractivity contribution in [1.29, 1.82) is 0 Å². The van der Waals surface area contributed by atoms with Crippen LogP contribution in [0.2, 0.25) is 0 Å². The third kappa shape index (κ3) is 3.96. The first-order chi connectivity index (χ1) is 12.1. The van der Waals surface area contributed by atoms with Gasteiger partial charge in [-0.25, -0.2) is 4.98 Å². The van der Waals surface area contributed by atoms with Crippen molar-refractivity contribution in [2.45, 2.75) is 40.2 Å². The van der Waals surface area contributed by atoms with Crippen LogP contribution in [-0.4, -0.2) is 20.7 Å². The van der Waals surface area contributed by atoms with E-state index in [1.54, 1.807) is 17.1 Å². The van der Waals surface area contributed by atoms with E-state index in [9.17, 15) is 4.79 Å². The second-order valence-corrected chi connectivity index (χ2v) is 7.11. The Morgan fingerprint density at radius 2 is 2.00 bits per heavy atom. The SMILES string of the molecule is CCCc1ccc(-c2nc(NC(=O)c3cnn(CC)c3)sc2C)cc1. The van der Waals surface area contributed by atoms with Crippen LogP contribution in [0.4, 0.5) is 5.13 Å². The number of thiazole rings is 1. The summed E-state index contributed by atoms with van der Waals surface area (Å²) in [7, 11) is 0. The molecule has 1 amide bonds. The van der Waals surface area contributed by atoms with Gasteiger partial charge in [0.15, 0.2) is 5.13 Å². The van der Waals surface area contributed by atoms with Crippen molar-refractivity contribution in [3.63, 3.8) is 0 Å². The van der Waals surface area contributed by atoms with Crippen LogP contribution in [-0.2, 0) is 13.0 Å². The van der Waals surface area contributed by atoms with Crippen LogP contribution in [0.5, 0.6) is 0 Å². The molecule has 0 spiro atoms. The number of rotatable bonds is 6. The fourth-order valence-corrected chi connectivity index (χ4v) is 3.49. The Bertz CT molecular complexity index is 864. The molecule has 0 unspecified atom stereocenters. The zero-order valence-electron chi connectivity index (χ0n) is 14.7. The molecule has 0 aliphatic carbocycles. The molecular weight excluding hydrogens is 332 g/mol. The van der Waals surface area contributed by atoms with E-state index in [0.29, 0.717) is 10.7 Å². The Balaban J connectivity index is 1.76. The summed E-state index contributed by atoms with van der Waals surface area (Å²) < 4.78 is 1.73. The maximum Gasteiger partial charge on any atom is 0.260 e. The van der Waals surface area contributed by atoms with Gasteiger partial charge in [0.05, 0.1) is 17.5 Å². The van der Waals surface area contributed by atoms with Gasteiger partial charge in [-0.3, -0.25) is 14.8 Å². The van der Waals surface area contributed by atoms with Gasteiger partial charge in [-0.1, -0.05) is 37.6 Å². The Morgan fingerprint density at radius 1 is 1.24 bits per heavy atom. The molecule has 25 heavy (non-hydrogen) atoms. The molecule has 3 rings (SSSR count). The molecule has 1 N–H and O–H groups in total. The van der Waals surface area contributed by atoms with E-state index in [1.165, 1.54) is 16.9 Å². The molecule has 0 atom stereocenters. The first-order valence-electron chi connectivity index (χ1n) is 8.51. The molecule has 0 radical (unpaired) electrons. The molecular formula is C19H22N4OS. The van der Waals surface area contributed by atoms with Crippen molar-refractivity contribution in [1.82, 2.24) is 14.8 Å². The third-order valence-corrected chi connectivity index (χ3v) is 4.89. The van der Waals surface area contributed by atoms with Gasteiger partial charge in [-0.2, -0.15) is 5.10 Å². The van der Waals surface area contributed by atoms with Gasteiger partial charge in [-0.15, -0.1) is 11.3 Å². The van der Waals surface area contributed by atoms with E-state index in [-0.39, 0.29) is 5.91 Å². The monoisotopic (exact) mass is 354 g/mol. The number of hydrogen-bond acceptors (Lipinski definition) is 4. The highest BCUT2D eigenvalue weighted by Crippen LogP contribution is 2.30. The lowest BCUT2D eigenvalue weighted by molar-refractivity contribution is 0.102. The second kappa shape index (κ2) is 7.61. The minimum absolute atomic E-state index is 0.182. The van der Waals surface area contributed by atoms with E-state index in [2.05, 4.69) is 46.6 Å². The normalized spacial score (nSPS) is 10.8. The summed E-state index contributed by atoms with van der Waals surface area (Å²) in [5.74, 6) is -0.182. The van der Waals surface area contributed by atoms with Crippen LogP contribution >= 0.6 is 11.3 Å². The van der Waals surface area contributed by atoms with Crippen molar-refractivity contribution in [3.05, 3.63) is 52.7 Å². The molecule has 0 aliphatic rings. The summed E-state index contributed by atoms with van der Waals surface area (Å²) in [4.78, 5) is 18.0.